The van der Waals surface area contributed by atoms with Crippen molar-refractivity contribution in [2.45, 2.75) is 19.4 Å². The Morgan fingerprint density at radius 2 is 2.00 bits per heavy atom. The van der Waals surface area contributed by atoms with Crippen LogP contribution in [0.15, 0.2) is 45.9 Å². The quantitative estimate of drug-likeness (QED) is 0.410. The molecule has 0 atom stereocenters. The Bertz CT molecular complexity index is 1060. The summed E-state index contributed by atoms with van der Waals surface area (Å²) in [5, 5.41) is 10.5. The van der Waals surface area contributed by atoms with Gasteiger partial charge in [0.2, 0.25) is 0 Å². The van der Waals surface area contributed by atoms with E-state index in [9.17, 15) is 9.59 Å². The molecular weight excluding hydrogens is 470 g/mol. The van der Waals surface area contributed by atoms with Crippen LogP contribution in [0.25, 0.3) is 0 Å². The lowest BCUT2D eigenvalue weighted by Crippen LogP contribution is -2.40. The fourth-order valence-corrected chi connectivity index (χ4v) is 5.08. The van der Waals surface area contributed by atoms with E-state index >= 15 is 0 Å². The molecule has 2 amide bonds. The van der Waals surface area contributed by atoms with Crippen LogP contribution in [-0.2, 0) is 17.7 Å². The molecule has 180 valence electrons. The number of ketones is 1. The second kappa shape index (κ2) is 12.1. The molecule has 1 aliphatic heterocycles. The number of urea groups is 1. The Morgan fingerprint density at radius 3 is 2.68 bits per heavy atom. The zero-order valence-electron chi connectivity index (χ0n) is 18.9. The first kappa shape index (κ1) is 24.3. The van der Waals surface area contributed by atoms with E-state index in [2.05, 4.69) is 15.2 Å². The van der Waals surface area contributed by atoms with Crippen molar-refractivity contribution in [1.29, 1.82) is 0 Å². The molecule has 0 unspecified atom stereocenters. The van der Waals surface area contributed by atoms with Crippen LogP contribution in [0.5, 0.6) is 0 Å². The summed E-state index contributed by atoms with van der Waals surface area (Å²) in [5.74, 6) is -0.0748. The highest BCUT2D eigenvalue weighted by Gasteiger charge is 2.17. The lowest BCUT2D eigenvalue weighted by Gasteiger charge is -2.28. The van der Waals surface area contributed by atoms with Gasteiger partial charge in [0.1, 0.15) is 5.69 Å². The van der Waals surface area contributed by atoms with Crippen molar-refractivity contribution in [3.05, 3.63) is 62.7 Å². The maximum absolute atomic E-state index is 13.0. The fourth-order valence-electron chi connectivity index (χ4n) is 3.74. The number of carbonyl (C=O) groups is 2. The summed E-state index contributed by atoms with van der Waals surface area (Å²) in [4.78, 5) is 34.1. The number of carbonyl (C=O) groups excluding carboxylic acids is 2. The van der Waals surface area contributed by atoms with Gasteiger partial charge < -0.3 is 20.7 Å². The van der Waals surface area contributed by atoms with Crippen LogP contribution in [0.2, 0.25) is 0 Å². The van der Waals surface area contributed by atoms with Crippen molar-refractivity contribution < 1.29 is 14.3 Å². The first-order valence-electron chi connectivity index (χ1n) is 11.3. The third-order valence-corrected chi connectivity index (χ3v) is 7.17. The molecule has 0 aliphatic carbocycles. The minimum Gasteiger partial charge on any atom is -0.398 e. The molecule has 1 aliphatic rings. The molecule has 0 spiro atoms. The van der Waals surface area contributed by atoms with Gasteiger partial charge in [0.25, 0.3) is 0 Å². The zero-order chi connectivity index (χ0) is 23.8. The maximum Gasteiger partial charge on any atom is 0.322 e. The third kappa shape index (κ3) is 6.86. The molecular formula is C24H29N5O3S2. The summed E-state index contributed by atoms with van der Waals surface area (Å²) in [6.45, 7) is 5.33. The molecule has 1 saturated heterocycles. The Labute approximate surface area is 207 Å². The van der Waals surface area contributed by atoms with Gasteiger partial charge in [-0.3, -0.25) is 14.7 Å². The Hall–Kier alpha value is -2.79. The van der Waals surface area contributed by atoms with E-state index in [0.717, 1.165) is 56.1 Å². The standard InChI is InChI=1S/C24H29N5O3S2/c25-21-17-34-15-19(21)12-23(30)22-3-2-18(13-26-22)14-29(24(31)27-20-4-11-33-16-20)6-1-5-28-7-9-32-10-8-28/h2-4,11,13,15-17H,1,5-10,12,14,25H2,(H,27,31). The molecule has 0 bridgehead atoms. The highest BCUT2D eigenvalue weighted by atomic mass is 32.1. The molecule has 0 saturated carbocycles. The topological polar surface area (TPSA) is 101 Å². The van der Waals surface area contributed by atoms with Gasteiger partial charge in [-0.25, -0.2) is 4.79 Å². The molecule has 0 radical (unpaired) electrons. The average molecular weight is 500 g/mol. The minimum absolute atomic E-state index is 0.0748. The van der Waals surface area contributed by atoms with E-state index in [0.29, 0.717) is 24.5 Å². The number of nitrogens with one attached hydrogen (secondary N) is 1. The monoisotopic (exact) mass is 499 g/mol. The summed E-state index contributed by atoms with van der Waals surface area (Å²) in [6, 6.07) is 5.33. The lowest BCUT2D eigenvalue weighted by molar-refractivity contribution is 0.0365. The summed E-state index contributed by atoms with van der Waals surface area (Å²) in [7, 11) is 0. The van der Waals surface area contributed by atoms with Crippen molar-refractivity contribution in [1.82, 2.24) is 14.8 Å². The normalized spacial score (nSPS) is 14.1. The number of nitrogen functional groups attached to an aromatic ring is 1. The van der Waals surface area contributed by atoms with E-state index in [1.54, 1.807) is 17.2 Å². The summed E-state index contributed by atoms with van der Waals surface area (Å²) < 4.78 is 5.41. The van der Waals surface area contributed by atoms with Gasteiger partial charge in [0.15, 0.2) is 5.78 Å². The number of rotatable bonds is 10. The van der Waals surface area contributed by atoms with Crippen LogP contribution in [0.1, 0.15) is 28.0 Å². The largest absolute Gasteiger partial charge is 0.398 e. The fraction of sp³-hybridized carbons (Fsp3) is 0.375. The van der Waals surface area contributed by atoms with Gasteiger partial charge in [-0.1, -0.05) is 6.07 Å². The van der Waals surface area contributed by atoms with Crippen LogP contribution in [-0.4, -0.2) is 66.0 Å². The van der Waals surface area contributed by atoms with Crippen LogP contribution in [0.4, 0.5) is 16.2 Å². The van der Waals surface area contributed by atoms with Gasteiger partial charge in [-0.05, 0) is 40.4 Å². The number of hydrogen-bond donors (Lipinski definition) is 2. The van der Waals surface area contributed by atoms with Crippen LogP contribution < -0.4 is 11.1 Å². The number of amides is 2. The number of nitrogens with zero attached hydrogens (tertiary/aromatic N) is 3. The molecule has 3 aromatic heterocycles. The van der Waals surface area contributed by atoms with Crippen LogP contribution in [0, 0.1) is 0 Å². The van der Waals surface area contributed by atoms with Gasteiger partial charge in [0.05, 0.1) is 18.9 Å². The smallest absolute Gasteiger partial charge is 0.322 e. The molecule has 3 N–H and O–H groups in total. The minimum atomic E-state index is -0.145. The highest BCUT2D eigenvalue weighted by molar-refractivity contribution is 7.08. The van der Waals surface area contributed by atoms with Crippen molar-refractivity contribution in [3.8, 4) is 0 Å². The van der Waals surface area contributed by atoms with Gasteiger partial charge >= 0.3 is 6.03 Å². The predicted octanol–water partition coefficient (Wildman–Crippen LogP) is 3.97. The number of Topliss-reactive ketones (excluding diaryl/α,β-unsaturated/α-hetero) is 1. The van der Waals surface area contributed by atoms with E-state index in [4.69, 9.17) is 10.5 Å². The summed E-state index contributed by atoms with van der Waals surface area (Å²) in [6.07, 6.45) is 2.78. The van der Waals surface area contributed by atoms with Crippen LogP contribution >= 0.6 is 22.7 Å². The van der Waals surface area contributed by atoms with Crippen molar-refractivity contribution >= 4 is 45.9 Å². The molecule has 10 heteroatoms. The molecule has 0 aromatic carbocycles. The SMILES string of the molecule is Nc1cscc1CC(=O)c1ccc(CN(CCCN2CCOCC2)C(=O)Nc2ccsc2)cn1. The van der Waals surface area contributed by atoms with Crippen LogP contribution in [0.3, 0.4) is 0 Å². The van der Waals surface area contributed by atoms with Crippen molar-refractivity contribution in [2.75, 3.05) is 50.4 Å². The number of ether oxygens (including phenoxy) is 1. The lowest BCUT2D eigenvalue weighted by atomic mass is 10.1. The Balaban J connectivity index is 1.37. The number of hydrogen-bond acceptors (Lipinski definition) is 8. The predicted molar refractivity (Wildman–Crippen MR) is 137 cm³/mol. The van der Waals surface area contributed by atoms with Gasteiger partial charge in [0, 0.05) is 61.8 Å². The van der Waals surface area contributed by atoms with Gasteiger partial charge in [-0.15, -0.1) is 11.3 Å². The summed E-state index contributed by atoms with van der Waals surface area (Å²) >= 11 is 3.02. The molecule has 8 nitrogen and oxygen atoms in total. The van der Waals surface area contributed by atoms with E-state index in [-0.39, 0.29) is 18.2 Å². The first-order valence-corrected chi connectivity index (χ1v) is 13.1. The number of thiophene rings is 2. The number of pyridine rings is 1. The zero-order valence-corrected chi connectivity index (χ0v) is 20.6. The van der Waals surface area contributed by atoms with E-state index in [1.165, 1.54) is 22.7 Å². The average Bonchev–Trinajstić information content (AvgIpc) is 3.51. The number of anilines is 2. The molecule has 1 fully saturated rings. The van der Waals surface area contributed by atoms with Crippen molar-refractivity contribution in [3.63, 3.8) is 0 Å². The highest BCUT2D eigenvalue weighted by Crippen LogP contribution is 2.19. The molecule has 4 rings (SSSR count). The summed E-state index contributed by atoms with van der Waals surface area (Å²) in [5.41, 5.74) is 9.43. The van der Waals surface area contributed by atoms with E-state index in [1.807, 2.05) is 33.7 Å². The van der Waals surface area contributed by atoms with Gasteiger partial charge in [-0.2, -0.15) is 11.3 Å². The maximum atomic E-state index is 13.0. The first-order chi connectivity index (χ1) is 16.6. The second-order valence-electron chi connectivity index (χ2n) is 8.18. The number of nitrogens with two attached hydrogens (primary N) is 1. The Morgan fingerprint density at radius 1 is 1.15 bits per heavy atom. The van der Waals surface area contributed by atoms with E-state index < -0.39 is 0 Å². The number of aromatic nitrogens is 1. The second-order valence-corrected chi connectivity index (χ2v) is 9.70. The molecule has 4 heterocycles. The van der Waals surface area contributed by atoms with Crippen molar-refractivity contribution in [2.24, 2.45) is 0 Å². The number of morpholine rings is 1. The molecule has 34 heavy (non-hydrogen) atoms. The molecule has 3 aromatic rings. The Kier molecular flexibility index (Phi) is 8.64. The third-order valence-electron chi connectivity index (χ3n) is 5.68.